The van der Waals surface area contributed by atoms with Gasteiger partial charge in [0.05, 0.1) is 0 Å². The molecule has 0 bridgehead atoms. The van der Waals surface area contributed by atoms with Gasteiger partial charge in [-0.15, -0.1) is 29.8 Å². The van der Waals surface area contributed by atoms with Gasteiger partial charge in [-0.2, -0.15) is 24.3 Å². The molecular formula is C32H24FeN2-6. The number of hydrogen-bond donors (Lipinski definition) is 0. The molecule has 3 heteroatoms. The zero-order valence-corrected chi connectivity index (χ0v) is 20.2. The number of aromatic nitrogens is 2. The van der Waals surface area contributed by atoms with Gasteiger partial charge in [-0.25, -0.2) is 0 Å². The SMILES string of the molecule is [Fe].c1cc(-c2ccc(-[c-]3[cH-][cH-][cH-][cH-]3)cc2)ccn1.c1cc[c-](-c2ccc(-c3ccncc3)cc2)c1. The van der Waals surface area contributed by atoms with Crippen LogP contribution in [0.3, 0.4) is 0 Å². The van der Waals surface area contributed by atoms with E-state index in [-0.39, 0.29) is 17.1 Å². The van der Waals surface area contributed by atoms with Gasteiger partial charge in [-0.3, -0.25) is 9.97 Å². The summed E-state index contributed by atoms with van der Waals surface area (Å²) in [5, 5.41) is 0. The van der Waals surface area contributed by atoms with Crippen LogP contribution in [0.1, 0.15) is 0 Å². The zero-order valence-electron chi connectivity index (χ0n) is 19.1. The Labute approximate surface area is 217 Å². The molecule has 6 aromatic rings. The largest absolute Gasteiger partial charge is 0.642 e. The molecule has 0 N–H and O–H groups in total. The van der Waals surface area contributed by atoms with Crippen LogP contribution >= 0.6 is 0 Å². The van der Waals surface area contributed by atoms with Gasteiger partial charge in [0.15, 0.2) is 0 Å². The Morgan fingerprint density at radius 2 is 0.886 bits per heavy atom. The molecule has 0 saturated heterocycles. The number of rotatable bonds is 4. The van der Waals surface area contributed by atoms with Crippen molar-refractivity contribution in [1.29, 1.82) is 0 Å². The number of benzene rings is 2. The predicted molar refractivity (Wildman–Crippen MR) is 141 cm³/mol. The van der Waals surface area contributed by atoms with Crippen molar-refractivity contribution in [2.45, 2.75) is 0 Å². The molecule has 0 aliphatic heterocycles. The van der Waals surface area contributed by atoms with E-state index >= 15 is 0 Å². The molecule has 0 aliphatic rings. The third-order valence-corrected chi connectivity index (χ3v) is 5.79. The van der Waals surface area contributed by atoms with Gasteiger partial charge in [0.25, 0.3) is 0 Å². The maximum absolute atomic E-state index is 4.03. The minimum absolute atomic E-state index is 0. The quantitative estimate of drug-likeness (QED) is 0.183. The first kappa shape index (κ1) is 24.1. The second-order valence-corrected chi connectivity index (χ2v) is 7.97. The molecule has 0 amide bonds. The topological polar surface area (TPSA) is 25.8 Å². The smallest absolute Gasteiger partial charge is 0.0273 e. The van der Waals surface area contributed by atoms with Gasteiger partial charge >= 0.3 is 0 Å². The molecule has 35 heavy (non-hydrogen) atoms. The average molecular weight is 492 g/mol. The molecule has 0 fully saturated rings. The summed E-state index contributed by atoms with van der Waals surface area (Å²) in [6, 6.07) is 42.1. The van der Waals surface area contributed by atoms with E-state index in [1.54, 1.807) is 0 Å². The van der Waals surface area contributed by atoms with Gasteiger partial charge in [-0.05, 0) is 41.0 Å². The first-order valence-electron chi connectivity index (χ1n) is 11.3. The van der Waals surface area contributed by atoms with Crippen LogP contribution in [0.5, 0.6) is 0 Å². The standard InChI is InChI=1S/2C16H12N.Fe/c2*1-2-4-13(3-1)14-5-7-15(8-6-14)16-9-11-17-12-10-16;/h2*1-12H;/q-5;-1;. The summed E-state index contributed by atoms with van der Waals surface area (Å²) in [7, 11) is 0. The van der Waals surface area contributed by atoms with Crippen LogP contribution in [-0.4, -0.2) is 9.97 Å². The molecule has 0 saturated carbocycles. The summed E-state index contributed by atoms with van der Waals surface area (Å²) in [6.45, 7) is 0. The third-order valence-electron chi connectivity index (χ3n) is 5.79. The maximum Gasteiger partial charge on any atom is 0.0273 e. The Hall–Kier alpha value is -4.04. The van der Waals surface area contributed by atoms with E-state index in [0.29, 0.717) is 0 Å². The Morgan fingerprint density at radius 1 is 0.486 bits per heavy atom. The van der Waals surface area contributed by atoms with Crippen LogP contribution < -0.4 is 0 Å². The third kappa shape index (κ3) is 6.10. The summed E-state index contributed by atoms with van der Waals surface area (Å²) >= 11 is 0. The first-order chi connectivity index (χ1) is 16.9. The Morgan fingerprint density at radius 3 is 1.34 bits per heavy atom. The minimum Gasteiger partial charge on any atom is -0.642 e. The van der Waals surface area contributed by atoms with Gasteiger partial charge in [0, 0.05) is 41.9 Å². The molecule has 2 aromatic heterocycles. The van der Waals surface area contributed by atoms with Crippen LogP contribution in [0.2, 0.25) is 0 Å². The molecule has 0 atom stereocenters. The van der Waals surface area contributed by atoms with Crippen molar-refractivity contribution < 1.29 is 17.1 Å². The summed E-state index contributed by atoms with van der Waals surface area (Å²) in [4.78, 5) is 8.06. The zero-order chi connectivity index (χ0) is 23.0. The van der Waals surface area contributed by atoms with Crippen molar-refractivity contribution in [3.63, 3.8) is 0 Å². The van der Waals surface area contributed by atoms with Crippen molar-refractivity contribution in [1.82, 2.24) is 9.97 Å². The Balaban J connectivity index is 0.000000160. The van der Waals surface area contributed by atoms with Crippen molar-refractivity contribution in [3.8, 4) is 44.5 Å². The van der Waals surface area contributed by atoms with Crippen molar-refractivity contribution >= 4 is 0 Å². The fourth-order valence-electron chi connectivity index (χ4n) is 3.93. The van der Waals surface area contributed by atoms with Gasteiger partial charge < -0.3 is 47.5 Å². The van der Waals surface area contributed by atoms with Crippen LogP contribution in [0.15, 0.2) is 146 Å². The molecule has 0 spiro atoms. The summed E-state index contributed by atoms with van der Waals surface area (Å²) < 4.78 is 0. The number of pyridine rings is 2. The molecule has 2 nitrogen and oxygen atoms in total. The van der Waals surface area contributed by atoms with E-state index in [9.17, 15) is 0 Å². The van der Waals surface area contributed by atoms with Crippen molar-refractivity contribution in [3.05, 3.63) is 146 Å². The summed E-state index contributed by atoms with van der Waals surface area (Å²) in [5.41, 5.74) is 9.91. The van der Waals surface area contributed by atoms with E-state index in [0.717, 1.165) is 0 Å². The van der Waals surface area contributed by atoms with Crippen LogP contribution in [-0.2, 0) is 17.1 Å². The Kier molecular flexibility index (Phi) is 8.19. The van der Waals surface area contributed by atoms with E-state index in [1.807, 2.05) is 49.1 Å². The predicted octanol–water partition coefficient (Wildman–Crippen LogP) is 8.27. The first-order valence-corrected chi connectivity index (χ1v) is 11.3. The maximum atomic E-state index is 4.03. The summed E-state index contributed by atoms with van der Waals surface area (Å²) in [6.07, 6.45) is 7.28. The monoisotopic (exact) mass is 492 g/mol. The number of nitrogens with zero attached hydrogens (tertiary/aromatic N) is 2. The van der Waals surface area contributed by atoms with E-state index in [4.69, 9.17) is 0 Å². The minimum atomic E-state index is 0. The second kappa shape index (κ2) is 11.9. The molecule has 2 heterocycles. The molecular weight excluding hydrogens is 468 g/mol. The van der Waals surface area contributed by atoms with Crippen LogP contribution in [0, 0.1) is 0 Å². The summed E-state index contributed by atoms with van der Waals surface area (Å²) in [5.74, 6) is 0. The van der Waals surface area contributed by atoms with Crippen LogP contribution in [0.25, 0.3) is 44.5 Å². The average Bonchev–Trinajstić information content (AvgIpc) is 3.66. The molecule has 6 rings (SSSR count). The van der Waals surface area contributed by atoms with Gasteiger partial charge in [-0.1, -0.05) is 23.3 Å². The fourth-order valence-corrected chi connectivity index (χ4v) is 3.93. The van der Waals surface area contributed by atoms with E-state index in [1.165, 1.54) is 44.5 Å². The molecule has 0 radical (unpaired) electrons. The van der Waals surface area contributed by atoms with Gasteiger partial charge in [0.1, 0.15) is 0 Å². The fraction of sp³-hybridized carbons (Fsp3) is 0. The van der Waals surface area contributed by atoms with Crippen molar-refractivity contribution in [2.75, 3.05) is 0 Å². The molecule has 0 unspecified atom stereocenters. The normalized spacial score (nSPS) is 10.1. The molecule has 176 valence electrons. The van der Waals surface area contributed by atoms with E-state index in [2.05, 4.69) is 107 Å². The van der Waals surface area contributed by atoms with Crippen LogP contribution in [0.4, 0.5) is 0 Å². The van der Waals surface area contributed by atoms with Crippen molar-refractivity contribution in [2.24, 2.45) is 0 Å². The number of hydrogen-bond acceptors (Lipinski definition) is 2. The van der Waals surface area contributed by atoms with E-state index < -0.39 is 0 Å². The molecule has 4 aromatic carbocycles. The Bertz CT molecular complexity index is 1270. The van der Waals surface area contributed by atoms with Gasteiger partial charge in [0.2, 0.25) is 0 Å². The molecule has 0 aliphatic carbocycles. The second-order valence-electron chi connectivity index (χ2n) is 7.97.